The highest BCUT2D eigenvalue weighted by Crippen LogP contribution is 2.46. The van der Waals surface area contributed by atoms with Crippen molar-refractivity contribution in [3.63, 3.8) is 0 Å². The number of halogens is 1. The fourth-order valence-corrected chi connectivity index (χ4v) is 17.6. The maximum absolute atomic E-state index is 8.16. The predicted octanol–water partition coefficient (Wildman–Crippen LogP) is 11.1. The number of hydrogen-bond donors (Lipinski definition) is 0. The Morgan fingerprint density at radius 3 is 0.893 bits per heavy atom. The first kappa shape index (κ1) is 39.1. The van der Waals surface area contributed by atoms with Gasteiger partial charge in [-0.05, 0) is 71.8 Å². The van der Waals surface area contributed by atoms with E-state index in [4.69, 9.17) is 20.5 Å². The Bertz CT molecular complexity index is 2110. The van der Waals surface area contributed by atoms with Gasteiger partial charge >= 0.3 is 16.6 Å². The van der Waals surface area contributed by atoms with Gasteiger partial charge in [0.05, 0.1) is 0 Å². The van der Waals surface area contributed by atoms with Gasteiger partial charge in [0.25, 0.3) is 0 Å². The molecule has 7 aromatic carbocycles. The van der Waals surface area contributed by atoms with E-state index in [1.54, 1.807) is 0 Å². The third-order valence-corrected chi connectivity index (χ3v) is 21.6. The van der Waals surface area contributed by atoms with Gasteiger partial charge in [0.15, 0.2) is 0 Å². The second kappa shape index (κ2) is 15.8. The zero-order valence-corrected chi connectivity index (χ0v) is 36.0. The quantitative estimate of drug-likeness (QED) is 0.0739. The van der Waals surface area contributed by atoms with E-state index in [9.17, 15) is 0 Å². The van der Waals surface area contributed by atoms with E-state index in [-0.39, 0.29) is 10.1 Å². The lowest BCUT2D eigenvalue weighted by Crippen LogP contribution is -2.68. The molecule has 7 aromatic rings. The van der Waals surface area contributed by atoms with Crippen molar-refractivity contribution in [3.05, 3.63) is 217 Å². The highest BCUT2D eigenvalue weighted by atomic mass is 35.5. The van der Waals surface area contributed by atoms with E-state index in [1.165, 1.54) is 20.7 Å². The summed E-state index contributed by atoms with van der Waals surface area (Å²) in [6, 6.07) is 70.2. The fourth-order valence-electron chi connectivity index (χ4n) is 8.37. The molecule has 0 aliphatic rings. The van der Waals surface area contributed by atoms with Crippen LogP contribution in [0.25, 0.3) is 0 Å². The molecular weight excluding hydrogens is 736 g/mol. The molecule has 0 radical (unpaired) electrons. The van der Waals surface area contributed by atoms with Crippen molar-refractivity contribution in [1.82, 2.24) is 0 Å². The molecule has 5 heteroatoms. The molecule has 2 nitrogen and oxygen atoms in total. The van der Waals surface area contributed by atoms with Crippen LogP contribution in [0.1, 0.15) is 58.2 Å². The first-order valence-corrected chi connectivity index (χ1v) is 23.6. The highest BCUT2D eigenvalue weighted by Gasteiger charge is 2.53. The summed E-state index contributed by atoms with van der Waals surface area (Å²) in [5.74, 6) is 1.58. The normalized spacial score (nSPS) is 12.6. The molecule has 0 amide bonds. The molecule has 0 aromatic heterocycles. The SMILES string of the molecule is CC(C)(C)[Si](Oc1cccc(C(Cl)(c2ccccc2)c2cccc(O[Si](c3ccccc3)(c3ccccc3)C(C)(C)C)c2)c1)(c1ccccc1)c1ccccc1. The predicted molar refractivity (Wildman–Crippen MR) is 242 cm³/mol. The van der Waals surface area contributed by atoms with Crippen molar-refractivity contribution in [3.8, 4) is 11.5 Å². The van der Waals surface area contributed by atoms with Gasteiger partial charge in [-0.15, -0.1) is 11.6 Å². The molecule has 0 aliphatic carbocycles. The van der Waals surface area contributed by atoms with Crippen molar-refractivity contribution in [1.29, 1.82) is 0 Å². The van der Waals surface area contributed by atoms with E-state index in [2.05, 4.69) is 236 Å². The van der Waals surface area contributed by atoms with Crippen LogP contribution in [0.15, 0.2) is 200 Å². The van der Waals surface area contributed by atoms with Crippen LogP contribution in [-0.2, 0) is 4.87 Å². The summed E-state index contributed by atoms with van der Waals surface area (Å²) in [5.41, 5.74) is 2.80. The molecule has 0 saturated heterocycles. The summed E-state index contributed by atoms with van der Waals surface area (Å²) in [7, 11) is -5.81. The summed E-state index contributed by atoms with van der Waals surface area (Å²) < 4.78 is 15.1. The van der Waals surface area contributed by atoms with Gasteiger partial charge in [-0.2, -0.15) is 0 Å². The van der Waals surface area contributed by atoms with Crippen molar-refractivity contribution in [2.75, 3.05) is 0 Å². The summed E-state index contributed by atoms with van der Waals surface area (Å²) >= 11 is 8.16. The fraction of sp³-hybridized carbons (Fsp3) is 0.176. The van der Waals surface area contributed by atoms with E-state index < -0.39 is 21.5 Å². The first-order chi connectivity index (χ1) is 26.9. The van der Waals surface area contributed by atoms with Crippen molar-refractivity contribution >= 4 is 49.0 Å². The van der Waals surface area contributed by atoms with E-state index >= 15 is 0 Å². The molecular formula is C51H51ClO2Si2. The summed E-state index contributed by atoms with van der Waals surface area (Å²) in [6.45, 7) is 13.8. The molecule has 0 saturated carbocycles. The maximum atomic E-state index is 8.16. The van der Waals surface area contributed by atoms with Crippen LogP contribution >= 0.6 is 11.6 Å². The molecule has 0 atom stereocenters. The smallest absolute Gasteiger partial charge is 0.319 e. The first-order valence-electron chi connectivity index (χ1n) is 19.5. The van der Waals surface area contributed by atoms with Crippen LogP contribution < -0.4 is 29.6 Å². The average Bonchev–Trinajstić information content (AvgIpc) is 3.22. The van der Waals surface area contributed by atoms with Crippen LogP contribution in [0, 0.1) is 0 Å². The molecule has 0 spiro atoms. The van der Waals surface area contributed by atoms with Crippen LogP contribution in [-0.4, -0.2) is 16.6 Å². The van der Waals surface area contributed by atoms with Gasteiger partial charge in [-0.25, -0.2) is 0 Å². The molecule has 0 unspecified atom stereocenters. The second-order valence-corrected chi connectivity index (χ2v) is 25.6. The Morgan fingerprint density at radius 2 is 0.607 bits per heavy atom. The number of benzene rings is 7. The monoisotopic (exact) mass is 786 g/mol. The molecule has 282 valence electrons. The molecule has 0 N–H and O–H groups in total. The Balaban J connectivity index is 1.38. The lowest BCUT2D eigenvalue weighted by Gasteiger charge is -2.43. The number of alkyl halides is 1. The Morgan fingerprint density at radius 1 is 0.339 bits per heavy atom. The minimum atomic E-state index is -2.91. The highest BCUT2D eigenvalue weighted by molar-refractivity contribution is 7.00. The molecule has 0 fully saturated rings. The molecule has 0 bridgehead atoms. The minimum absolute atomic E-state index is 0.199. The maximum Gasteiger partial charge on any atom is 0.319 e. The van der Waals surface area contributed by atoms with E-state index in [0.717, 1.165) is 28.2 Å². The zero-order chi connectivity index (χ0) is 39.4. The van der Waals surface area contributed by atoms with Gasteiger partial charge in [-0.3, -0.25) is 0 Å². The number of hydrogen-bond acceptors (Lipinski definition) is 2. The van der Waals surface area contributed by atoms with Crippen LogP contribution in [0.3, 0.4) is 0 Å². The lowest BCUT2D eigenvalue weighted by atomic mass is 9.84. The zero-order valence-electron chi connectivity index (χ0n) is 33.2. The third-order valence-electron chi connectivity index (χ3n) is 11.0. The molecule has 0 aliphatic heterocycles. The third kappa shape index (κ3) is 7.18. The van der Waals surface area contributed by atoms with E-state index in [0.29, 0.717) is 0 Å². The number of rotatable bonds is 11. The van der Waals surface area contributed by atoms with Gasteiger partial charge in [0.2, 0.25) is 0 Å². The summed E-state index contributed by atoms with van der Waals surface area (Å²) in [4.78, 5) is -1.06. The average molecular weight is 788 g/mol. The standard InChI is InChI=1S/C51H51ClO2Si2/c1-49(2,3)55(45-30-14-8-15-31-45,46-32-16-9-17-33-46)53-43-28-22-26-41(38-43)51(52,40-24-12-7-13-25-40)42-27-23-29-44(39-42)54-56(50(4,5)6,47-34-18-10-19-35-47)48-36-20-11-21-37-48/h7-39H,1-6H3. The summed E-state index contributed by atoms with van der Waals surface area (Å²) in [5, 5.41) is 4.48. The van der Waals surface area contributed by atoms with Gasteiger partial charge in [-0.1, -0.05) is 217 Å². The largest absolute Gasteiger partial charge is 0.534 e. The van der Waals surface area contributed by atoms with Crippen molar-refractivity contribution in [2.24, 2.45) is 0 Å². The van der Waals surface area contributed by atoms with Gasteiger partial charge in [0.1, 0.15) is 16.4 Å². The van der Waals surface area contributed by atoms with Crippen LogP contribution in [0.2, 0.25) is 10.1 Å². The minimum Gasteiger partial charge on any atom is -0.534 e. The van der Waals surface area contributed by atoms with E-state index in [1.807, 2.05) is 6.07 Å². The lowest BCUT2D eigenvalue weighted by molar-refractivity contribution is 0.506. The molecule has 56 heavy (non-hydrogen) atoms. The van der Waals surface area contributed by atoms with Gasteiger partial charge in [0, 0.05) is 0 Å². The van der Waals surface area contributed by atoms with Crippen molar-refractivity contribution < 1.29 is 8.85 Å². The topological polar surface area (TPSA) is 18.5 Å². The second-order valence-electron chi connectivity index (χ2n) is 16.6. The summed E-state index contributed by atoms with van der Waals surface area (Å²) in [6.07, 6.45) is 0. The van der Waals surface area contributed by atoms with Crippen LogP contribution in [0.5, 0.6) is 11.5 Å². The Kier molecular flexibility index (Phi) is 11.0. The van der Waals surface area contributed by atoms with Crippen LogP contribution in [0.4, 0.5) is 0 Å². The Hall–Kier alpha value is -5.14. The van der Waals surface area contributed by atoms with Gasteiger partial charge < -0.3 is 8.85 Å². The Labute approximate surface area is 341 Å². The van der Waals surface area contributed by atoms with Crippen molar-refractivity contribution in [2.45, 2.75) is 56.5 Å². The molecule has 7 rings (SSSR count). The molecule has 0 heterocycles.